The Morgan fingerprint density at radius 2 is 2.29 bits per heavy atom. The van der Waals surface area contributed by atoms with Crippen molar-refractivity contribution in [3.05, 3.63) is 23.8 Å². The highest BCUT2D eigenvalue weighted by atomic mass is 32.2. The molecule has 94 valence electrons. The monoisotopic (exact) mass is 255 g/mol. The Balaban J connectivity index is 2.86. The minimum Gasteiger partial charge on any atom is -0.465 e. The number of carbonyl (C=O) groups is 1. The number of aliphatic hydroxyl groups excluding tert-OH is 1. The molecule has 0 amide bonds. The van der Waals surface area contributed by atoms with Crippen LogP contribution < -0.4 is 5.73 Å². The van der Waals surface area contributed by atoms with E-state index in [0.717, 1.165) is 10.6 Å². The molecule has 0 aliphatic carbocycles. The van der Waals surface area contributed by atoms with Crippen LogP contribution in [0.2, 0.25) is 0 Å². The van der Waals surface area contributed by atoms with Gasteiger partial charge in [0.15, 0.2) is 0 Å². The van der Waals surface area contributed by atoms with Crippen molar-refractivity contribution in [2.24, 2.45) is 5.92 Å². The third kappa shape index (κ3) is 3.94. The second kappa shape index (κ2) is 6.51. The zero-order valence-electron chi connectivity index (χ0n) is 9.97. The summed E-state index contributed by atoms with van der Waals surface area (Å²) < 4.78 is 4.71. The Morgan fingerprint density at radius 3 is 2.88 bits per heavy atom. The molecule has 0 aromatic heterocycles. The first kappa shape index (κ1) is 13.9. The molecule has 0 saturated heterocycles. The number of anilines is 1. The predicted octanol–water partition coefficient (Wildman–Crippen LogP) is 1.78. The summed E-state index contributed by atoms with van der Waals surface area (Å²) in [4.78, 5) is 12.4. The molecule has 1 rings (SSSR count). The molecule has 4 nitrogen and oxygen atoms in total. The van der Waals surface area contributed by atoms with Crippen LogP contribution in [0.4, 0.5) is 5.69 Å². The molecule has 1 unspecified atom stereocenters. The maximum Gasteiger partial charge on any atom is 0.339 e. The number of carbonyl (C=O) groups excluding carboxylic acids is 1. The second-order valence-corrected chi connectivity index (χ2v) is 4.91. The van der Waals surface area contributed by atoms with Gasteiger partial charge in [-0.05, 0) is 24.1 Å². The van der Waals surface area contributed by atoms with E-state index in [2.05, 4.69) is 0 Å². The van der Waals surface area contributed by atoms with Gasteiger partial charge in [-0.2, -0.15) is 0 Å². The standard InChI is InChI=1S/C12H17NO3S/c1-8(6-14)7-17-11-4-3-9(13)5-10(11)12(15)16-2/h3-5,8,14H,6-7,13H2,1-2H3. The fourth-order valence-corrected chi connectivity index (χ4v) is 2.26. The van der Waals surface area contributed by atoms with Crippen LogP contribution in [0.3, 0.4) is 0 Å². The summed E-state index contributed by atoms with van der Waals surface area (Å²) in [6.07, 6.45) is 0. The van der Waals surface area contributed by atoms with E-state index in [0.29, 0.717) is 11.3 Å². The molecular formula is C12H17NO3S. The van der Waals surface area contributed by atoms with E-state index in [1.54, 1.807) is 18.2 Å². The first-order valence-corrected chi connectivity index (χ1v) is 6.28. The van der Waals surface area contributed by atoms with E-state index >= 15 is 0 Å². The number of nitrogens with two attached hydrogens (primary N) is 1. The molecule has 0 radical (unpaired) electrons. The summed E-state index contributed by atoms with van der Waals surface area (Å²) in [6.45, 7) is 2.08. The number of methoxy groups -OCH3 is 1. The van der Waals surface area contributed by atoms with Crippen LogP contribution in [0.25, 0.3) is 0 Å². The molecule has 0 aliphatic rings. The largest absolute Gasteiger partial charge is 0.465 e. The molecule has 0 aliphatic heterocycles. The summed E-state index contributed by atoms with van der Waals surface area (Å²) >= 11 is 1.52. The first-order chi connectivity index (χ1) is 8.08. The van der Waals surface area contributed by atoms with Gasteiger partial charge < -0.3 is 15.6 Å². The summed E-state index contributed by atoms with van der Waals surface area (Å²) in [5.74, 6) is 0.532. The van der Waals surface area contributed by atoms with Crippen LogP contribution in [0, 0.1) is 5.92 Å². The summed E-state index contributed by atoms with van der Waals surface area (Å²) in [5.41, 5.74) is 6.65. The molecule has 0 bridgehead atoms. The number of nitrogen functional groups attached to an aromatic ring is 1. The van der Waals surface area contributed by atoms with Gasteiger partial charge in [-0.15, -0.1) is 11.8 Å². The Kier molecular flexibility index (Phi) is 5.31. The normalized spacial score (nSPS) is 12.2. The fraction of sp³-hybridized carbons (Fsp3) is 0.417. The van der Waals surface area contributed by atoms with Gasteiger partial charge in [0.1, 0.15) is 0 Å². The highest BCUT2D eigenvalue weighted by Crippen LogP contribution is 2.27. The minimum absolute atomic E-state index is 0.134. The topological polar surface area (TPSA) is 72.5 Å². The van der Waals surface area contributed by atoms with E-state index in [-0.39, 0.29) is 12.5 Å². The molecule has 17 heavy (non-hydrogen) atoms. The molecule has 3 N–H and O–H groups in total. The number of hydrogen-bond donors (Lipinski definition) is 2. The van der Waals surface area contributed by atoms with E-state index in [4.69, 9.17) is 15.6 Å². The fourth-order valence-electron chi connectivity index (χ4n) is 1.23. The second-order valence-electron chi connectivity index (χ2n) is 3.85. The molecule has 5 heteroatoms. The van der Waals surface area contributed by atoms with E-state index < -0.39 is 5.97 Å². The highest BCUT2D eigenvalue weighted by molar-refractivity contribution is 7.99. The molecule has 0 fully saturated rings. The van der Waals surface area contributed by atoms with E-state index in [1.807, 2.05) is 6.92 Å². The van der Waals surface area contributed by atoms with Gasteiger partial charge in [0, 0.05) is 22.9 Å². The minimum atomic E-state index is -0.392. The third-order valence-electron chi connectivity index (χ3n) is 2.24. The Bertz CT molecular complexity index is 395. The number of thioether (sulfide) groups is 1. The molecule has 0 heterocycles. The van der Waals surface area contributed by atoms with Gasteiger partial charge in [0.2, 0.25) is 0 Å². The van der Waals surface area contributed by atoms with Crippen LogP contribution in [-0.4, -0.2) is 30.5 Å². The van der Waals surface area contributed by atoms with Crippen LogP contribution in [-0.2, 0) is 4.74 Å². The van der Waals surface area contributed by atoms with Crippen LogP contribution in [0.5, 0.6) is 0 Å². The zero-order chi connectivity index (χ0) is 12.8. The Morgan fingerprint density at radius 1 is 1.59 bits per heavy atom. The summed E-state index contributed by atoms with van der Waals surface area (Å²) in [6, 6.07) is 5.16. The van der Waals surface area contributed by atoms with Gasteiger partial charge in [-0.3, -0.25) is 0 Å². The number of esters is 1. The summed E-state index contributed by atoms with van der Waals surface area (Å²) in [5, 5.41) is 8.96. The number of ether oxygens (including phenoxy) is 1. The Labute approximate surface area is 105 Å². The van der Waals surface area contributed by atoms with Crippen LogP contribution in [0.1, 0.15) is 17.3 Å². The smallest absolute Gasteiger partial charge is 0.339 e. The summed E-state index contributed by atoms with van der Waals surface area (Å²) in [7, 11) is 1.34. The van der Waals surface area contributed by atoms with Gasteiger partial charge in [0.05, 0.1) is 12.7 Å². The van der Waals surface area contributed by atoms with Crippen molar-refractivity contribution in [3.8, 4) is 0 Å². The van der Waals surface area contributed by atoms with Crippen molar-refractivity contribution < 1.29 is 14.6 Å². The molecule has 0 saturated carbocycles. The van der Waals surface area contributed by atoms with Crippen molar-refractivity contribution in [1.82, 2.24) is 0 Å². The zero-order valence-corrected chi connectivity index (χ0v) is 10.8. The number of aliphatic hydroxyl groups is 1. The average molecular weight is 255 g/mol. The van der Waals surface area contributed by atoms with Gasteiger partial charge in [-0.1, -0.05) is 6.92 Å². The molecule has 1 atom stereocenters. The lowest BCUT2D eigenvalue weighted by atomic mass is 10.2. The van der Waals surface area contributed by atoms with Crippen molar-refractivity contribution >= 4 is 23.4 Å². The molecule has 0 spiro atoms. The predicted molar refractivity (Wildman–Crippen MR) is 69.2 cm³/mol. The lowest BCUT2D eigenvalue weighted by Crippen LogP contribution is -2.07. The van der Waals surface area contributed by atoms with E-state index in [1.165, 1.54) is 18.9 Å². The van der Waals surface area contributed by atoms with Crippen LogP contribution in [0.15, 0.2) is 23.1 Å². The molecule has 1 aromatic carbocycles. The van der Waals surface area contributed by atoms with Crippen molar-refractivity contribution in [2.75, 3.05) is 25.2 Å². The van der Waals surface area contributed by atoms with Gasteiger partial charge >= 0.3 is 5.97 Å². The highest BCUT2D eigenvalue weighted by Gasteiger charge is 2.13. The van der Waals surface area contributed by atoms with Gasteiger partial charge in [-0.25, -0.2) is 4.79 Å². The number of rotatable bonds is 5. The first-order valence-electron chi connectivity index (χ1n) is 5.30. The average Bonchev–Trinajstić information content (AvgIpc) is 2.35. The molecule has 1 aromatic rings. The van der Waals surface area contributed by atoms with Crippen molar-refractivity contribution in [1.29, 1.82) is 0 Å². The number of hydrogen-bond acceptors (Lipinski definition) is 5. The Hall–Kier alpha value is -1.20. The number of benzene rings is 1. The van der Waals surface area contributed by atoms with Crippen molar-refractivity contribution in [2.45, 2.75) is 11.8 Å². The van der Waals surface area contributed by atoms with Gasteiger partial charge in [0.25, 0.3) is 0 Å². The third-order valence-corrected chi connectivity index (χ3v) is 3.65. The lowest BCUT2D eigenvalue weighted by molar-refractivity contribution is 0.0597. The lowest BCUT2D eigenvalue weighted by Gasteiger charge is -2.11. The quantitative estimate of drug-likeness (QED) is 0.476. The van der Waals surface area contributed by atoms with E-state index in [9.17, 15) is 4.79 Å². The van der Waals surface area contributed by atoms with Crippen molar-refractivity contribution in [3.63, 3.8) is 0 Å². The maximum absolute atomic E-state index is 11.6. The SMILES string of the molecule is COC(=O)c1cc(N)ccc1SCC(C)CO. The maximum atomic E-state index is 11.6. The van der Waals surface area contributed by atoms with Crippen LogP contribution >= 0.6 is 11.8 Å². The molecular weight excluding hydrogens is 238 g/mol.